The molecule has 0 amide bonds. The van der Waals surface area contributed by atoms with Crippen LogP contribution >= 0.6 is 30.2 Å². The van der Waals surface area contributed by atoms with E-state index in [1.165, 1.54) is 17.4 Å². The lowest BCUT2D eigenvalue weighted by molar-refractivity contribution is -0.0580. The fourth-order valence-electron chi connectivity index (χ4n) is 2.29. The maximum Gasteiger partial charge on any atom is 0.330 e. The minimum atomic E-state index is -3.03. The van der Waals surface area contributed by atoms with Crippen LogP contribution in [0.3, 0.4) is 0 Å². The van der Waals surface area contributed by atoms with Gasteiger partial charge in [0.1, 0.15) is 12.3 Å². The molecule has 0 aromatic carbocycles. The molecule has 1 N–H and O–H groups in total. The summed E-state index contributed by atoms with van der Waals surface area (Å²) in [6.07, 6.45) is 0.522. The number of rotatable bonds is 1. The molecule has 3 rings (SSSR count). The highest BCUT2D eigenvalue weighted by Gasteiger charge is 2.45. The Hall–Kier alpha value is -0.480. The Bertz CT molecular complexity index is 700. The number of halogens is 1. The van der Waals surface area contributed by atoms with E-state index in [1.807, 2.05) is 22.6 Å². The Morgan fingerprint density at radius 1 is 1.45 bits per heavy atom. The van der Waals surface area contributed by atoms with Gasteiger partial charge in [0.25, 0.3) is 5.56 Å². The lowest BCUT2D eigenvalue weighted by atomic mass is 10.2. The number of hydrogen-bond donors (Lipinski definition) is 1. The second-order valence-electron chi connectivity index (χ2n) is 4.72. The van der Waals surface area contributed by atoms with Gasteiger partial charge in [-0.05, 0) is 22.6 Å². The summed E-state index contributed by atoms with van der Waals surface area (Å²) in [4.78, 5) is 25.4. The summed E-state index contributed by atoms with van der Waals surface area (Å²) >= 11 is 1.84. The Labute approximate surface area is 127 Å². The van der Waals surface area contributed by atoms with Crippen molar-refractivity contribution in [2.45, 2.75) is 24.9 Å². The Morgan fingerprint density at radius 2 is 2.20 bits per heavy atom. The number of aromatic nitrogens is 2. The van der Waals surface area contributed by atoms with E-state index in [4.69, 9.17) is 13.8 Å². The van der Waals surface area contributed by atoms with Gasteiger partial charge in [-0.25, -0.2) is 4.79 Å². The molecular weight excluding hydrogens is 402 g/mol. The molecule has 0 aliphatic carbocycles. The summed E-state index contributed by atoms with van der Waals surface area (Å²) in [6, 6.07) is 0. The van der Waals surface area contributed by atoms with E-state index >= 15 is 0 Å². The Balaban J connectivity index is 1.88. The second kappa shape index (κ2) is 5.06. The first kappa shape index (κ1) is 14.5. The zero-order valence-electron chi connectivity index (χ0n) is 10.4. The minimum Gasteiger partial charge on any atom is -0.349 e. The number of hydrogen-bond acceptors (Lipinski definition) is 6. The van der Waals surface area contributed by atoms with Crippen LogP contribution in [0.25, 0.3) is 0 Å². The molecular formula is C10H12IN2O6P. The highest BCUT2D eigenvalue weighted by molar-refractivity contribution is 14.1. The average molecular weight is 414 g/mol. The van der Waals surface area contributed by atoms with E-state index in [9.17, 15) is 14.2 Å². The summed E-state index contributed by atoms with van der Waals surface area (Å²) in [7, 11) is -3.03. The van der Waals surface area contributed by atoms with Gasteiger partial charge in [0, 0.05) is 19.3 Å². The normalized spacial score (nSPS) is 36.8. The standard InChI is InChI=1S/C10H12IN2O6P/c1-20(16)17-4-7-6(19-20)2-8(18-7)13-3-5(11)9(14)12-10(13)15/h3,6-8H,2,4H2,1H3,(H,12,14,15)/t6?,7-,8-,20?/m1/s1. The Kier molecular flexibility index (Phi) is 3.66. The first-order chi connectivity index (χ1) is 9.35. The third-order valence-electron chi connectivity index (χ3n) is 3.22. The summed E-state index contributed by atoms with van der Waals surface area (Å²) in [5, 5.41) is 0. The molecule has 2 aliphatic heterocycles. The van der Waals surface area contributed by atoms with E-state index in [-0.39, 0.29) is 18.8 Å². The zero-order valence-corrected chi connectivity index (χ0v) is 13.5. The van der Waals surface area contributed by atoms with Gasteiger partial charge in [-0.1, -0.05) is 0 Å². The fraction of sp³-hybridized carbons (Fsp3) is 0.600. The van der Waals surface area contributed by atoms with E-state index < -0.39 is 25.1 Å². The maximum atomic E-state index is 11.8. The second-order valence-corrected chi connectivity index (χ2v) is 7.89. The number of H-pyrrole nitrogens is 1. The van der Waals surface area contributed by atoms with Crippen molar-refractivity contribution >= 4 is 30.2 Å². The van der Waals surface area contributed by atoms with Gasteiger partial charge in [-0.2, -0.15) is 0 Å². The van der Waals surface area contributed by atoms with Crippen LogP contribution in [0.15, 0.2) is 15.8 Å². The van der Waals surface area contributed by atoms with Crippen molar-refractivity contribution in [2.24, 2.45) is 0 Å². The van der Waals surface area contributed by atoms with Crippen molar-refractivity contribution < 1.29 is 18.3 Å². The molecule has 20 heavy (non-hydrogen) atoms. The highest BCUT2D eigenvalue weighted by Crippen LogP contribution is 2.52. The van der Waals surface area contributed by atoms with Crippen LogP contribution in [-0.2, 0) is 18.3 Å². The SMILES string of the molecule is CP1(=O)OC[C@H]2O[C@@H](n3cc(I)c(=O)[nH]c3=O)CC2O1. The smallest absolute Gasteiger partial charge is 0.330 e. The summed E-state index contributed by atoms with van der Waals surface area (Å²) in [5.41, 5.74) is -0.973. The van der Waals surface area contributed by atoms with Crippen molar-refractivity contribution in [1.82, 2.24) is 9.55 Å². The van der Waals surface area contributed by atoms with E-state index in [0.29, 0.717) is 9.99 Å². The van der Waals surface area contributed by atoms with Crippen molar-refractivity contribution in [3.63, 3.8) is 0 Å². The minimum absolute atomic E-state index is 0.171. The first-order valence-corrected chi connectivity index (χ1v) is 8.99. The van der Waals surface area contributed by atoms with E-state index in [2.05, 4.69) is 4.98 Å². The van der Waals surface area contributed by atoms with Crippen LogP contribution in [0.2, 0.25) is 0 Å². The molecule has 110 valence electrons. The predicted octanol–water partition coefficient (Wildman–Crippen LogP) is 0.667. The quantitative estimate of drug-likeness (QED) is 0.536. The van der Waals surface area contributed by atoms with Crippen molar-refractivity contribution in [3.05, 3.63) is 30.6 Å². The van der Waals surface area contributed by atoms with Crippen molar-refractivity contribution in [1.29, 1.82) is 0 Å². The molecule has 0 bridgehead atoms. The van der Waals surface area contributed by atoms with Gasteiger partial charge >= 0.3 is 13.3 Å². The summed E-state index contributed by atoms with van der Waals surface area (Å²) in [5.74, 6) is 0. The molecule has 0 saturated carbocycles. The van der Waals surface area contributed by atoms with Gasteiger partial charge in [0.2, 0.25) is 0 Å². The number of nitrogens with zero attached hydrogens (tertiary/aromatic N) is 1. The fourth-order valence-corrected chi connectivity index (χ4v) is 3.92. The monoisotopic (exact) mass is 414 g/mol. The molecule has 0 radical (unpaired) electrons. The first-order valence-electron chi connectivity index (χ1n) is 5.92. The van der Waals surface area contributed by atoms with Gasteiger partial charge in [-0.3, -0.25) is 18.9 Å². The molecule has 10 heteroatoms. The third kappa shape index (κ3) is 2.64. The molecule has 2 saturated heterocycles. The lowest BCUT2D eigenvalue weighted by Crippen LogP contribution is -2.34. The zero-order chi connectivity index (χ0) is 14.5. The molecule has 1 aromatic rings. The maximum absolute atomic E-state index is 11.8. The number of fused-ring (bicyclic) bond motifs is 1. The molecule has 2 aliphatic rings. The van der Waals surface area contributed by atoms with Gasteiger partial charge in [-0.15, -0.1) is 0 Å². The summed E-state index contributed by atoms with van der Waals surface area (Å²) < 4.78 is 29.6. The van der Waals surface area contributed by atoms with Gasteiger partial charge in [0.15, 0.2) is 0 Å². The lowest BCUT2D eigenvalue weighted by Gasteiger charge is -2.28. The number of nitrogens with one attached hydrogen (secondary N) is 1. The molecule has 3 heterocycles. The molecule has 2 unspecified atom stereocenters. The van der Waals surface area contributed by atoms with Crippen LogP contribution in [0, 0.1) is 3.57 Å². The van der Waals surface area contributed by atoms with Gasteiger partial charge in [0.05, 0.1) is 16.3 Å². The topological polar surface area (TPSA) is 99.6 Å². The number of ether oxygens (including phenoxy) is 1. The highest BCUT2D eigenvalue weighted by atomic mass is 127. The average Bonchev–Trinajstić information content (AvgIpc) is 2.74. The number of aromatic amines is 1. The van der Waals surface area contributed by atoms with Gasteiger partial charge < -0.3 is 13.8 Å². The van der Waals surface area contributed by atoms with Crippen molar-refractivity contribution in [2.75, 3.05) is 13.3 Å². The predicted molar refractivity (Wildman–Crippen MR) is 76.9 cm³/mol. The van der Waals surface area contributed by atoms with Crippen LogP contribution in [0.4, 0.5) is 0 Å². The van der Waals surface area contributed by atoms with E-state index in [0.717, 1.165) is 0 Å². The van der Waals surface area contributed by atoms with Crippen LogP contribution in [-0.4, -0.2) is 35.0 Å². The molecule has 1 aromatic heterocycles. The van der Waals surface area contributed by atoms with Crippen LogP contribution in [0.1, 0.15) is 12.6 Å². The van der Waals surface area contributed by atoms with Crippen LogP contribution < -0.4 is 11.2 Å². The molecule has 4 atom stereocenters. The molecule has 0 spiro atoms. The molecule has 2 fully saturated rings. The Morgan fingerprint density at radius 3 is 2.95 bits per heavy atom. The van der Waals surface area contributed by atoms with Crippen LogP contribution in [0.5, 0.6) is 0 Å². The van der Waals surface area contributed by atoms with E-state index in [1.54, 1.807) is 0 Å². The largest absolute Gasteiger partial charge is 0.349 e. The third-order valence-corrected chi connectivity index (χ3v) is 5.26. The summed E-state index contributed by atoms with van der Waals surface area (Å²) in [6.45, 7) is 1.58. The van der Waals surface area contributed by atoms with Crippen molar-refractivity contribution in [3.8, 4) is 0 Å². The molecule has 8 nitrogen and oxygen atoms in total.